The van der Waals surface area contributed by atoms with Crippen molar-refractivity contribution in [1.82, 2.24) is 19.9 Å². The van der Waals surface area contributed by atoms with Gasteiger partial charge >= 0.3 is 12.4 Å². The fourth-order valence-electron chi connectivity index (χ4n) is 7.39. The topological polar surface area (TPSA) is 80.7 Å². The molecule has 0 fully saturated rings. The molecular formula is C63H63Cl4F6N5OS5. The third-order valence-electron chi connectivity index (χ3n) is 12.0. The molecule has 84 heavy (non-hydrogen) atoms. The SMILES string of the molecule is CC(C)C(=O)Nc1ccccc1Cl.CC(C)c1cc2ccccc2s1.CC(C)c1nc2c(C(F)(F)F)cccc2s1.CC(C)c1nc2c(C(F)(F)F)cccc2s1.CC(C)c1nc2c(Cl)c(Cl)ccc2s1.CC(C)c1nc2c(Cl)cccc2s1. The lowest BCUT2D eigenvalue weighted by molar-refractivity contribution is -0.137. The van der Waals surface area contributed by atoms with Gasteiger partial charge in [-0.25, -0.2) is 19.9 Å². The fourth-order valence-corrected chi connectivity index (χ4v) is 13.3. The lowest BCUT2D eigenvalue weighted by Crippen LogP contribution is -2.17. The first-order chi connectivity index (χ1) is 39.4. The van der Waals surface area contributed by atoms with E-state index in [4.69, 9.17) is 46.4 Å². The van der Waals surface area contributed by atoms with Gasteiger partial charge in [-0.3, -0.25) is 4.79 Å². The second kappa shape index (κ2) is 30.1. The predicted octanol–water partition coefficient (Wildman–Crippen LogP) is 24.6. The van der Waals surface area contributed by atoms with Gasteiger partial charge in [-0.1, -0.05) is 178 Å². The van der Waals surface area contributed by atoms with Crippen molar-refractivity contribution in [3.05, 3.63) is 177 Å². The van der Waals surface area contributed by atoms with E-state index in [0.29, 0.717) is 47.9 Å². The molecule has 11 aromatic rings. The van der Waals surface area contributed by atoms with Crippen molar-refractivity contribution < 1.29 is 31.1 Å². The summed E-state index contributed by atoms with van der Waals surface area (Å²) in [6, 6.07) is 36.1. The molecule has 0 atom stereocenters. The van der Waals surface area contributed by atoms with Crippen LogP contribution in [0.3, 0.4) is 0 Å². The van der Waals surface area contributed by atoms with Crippen LogP contribution in [0.5, 0.6) is 0 Å². The number of fused-ring (bicyclic) bond motifs is 5. The third kappa shape index (κ3) is 18.3. The second-order valence-corrected chi connectivity index (χ2v) is 27.9. The minimum Gasteiger partial charge on any atom is -0.325 e. The lowest BCUT2D eigenvalue weighted by atomic mass is 10.1. The zero-order valence-electron chi connectivity index (χ0n) is 48.0. The highest BCUT2D eigenvalue weighted by Crippen LogP contribution is 2.40. The van der Waals surface area contributed by atoms with Gasteiger partial charge in [0.05, 0.1) is 86.8 Å². The molecule has 11 rings (SSSR count). The van der Waals surface area contributed by atoms with Crippen molar-refractivity contribution in [3.63, 3.8) is 0 Å². The summed E-state index contributed by atoms with van der Waals surface area (Å²) in [5.74, 6) is 1.82. The average molecular weight is 1320 g/mol. The number of alkyl halides is 6. The zero-order valence-corrected chi connectivity index (χ0v) is 55.1. The van der Waals surface area contributed by atoms with Gasteiger partial charge in [0.15, 0.2) is 0 Å². The number of thiazole rings is 4. The van der Waals surface area contributed by atoms with Crippen LogP contribution in [0, 0.1) is 5.92 Å². The van der Waals surface area contributed by atoms with Gasteiger partial charge in [0, 0.05) is 39.2 Å². The number of rotatable bonds is 7. The van der Waals surface area contributed by atoms with Crippen molar-refractivity contribution in [2.24, 2.45) is 5.92 Å². The van der Waals surface area contributed by atoms with E-state index in [1.165, 1.54) is 54.5 Å². The van der Waals surface area contributed by atoms with Gasteiger partial charge in [-0.15, -0.1) is 56.7 Å². The normalized spacial score (nSPS) is 11.7. The predicted molar refractivity (Wildman–Crippen MR) is 351 cm³/mol. The van der Waals surface area contributed by atoms with Crippen LogP contribution in [-0.4, -0.2) is 25.8 Å². The van der Waals surface area contributed by atoms with Crippen LogP contribution >= 0.6 is 103 Å². The summed E-state index contributed by atoms with van der Waals surface area (Å²) in [5, 5.41) is 10.3. The van der Waals surface area contributed by atoms with E-state index in [1.54, 1.807) is 46.9 Å². The van der Waals surface area contributed by atoms with Crippen LogP contribution in [-0.2, 0) is 17.1 Å². The van der Waals surface area contributed by atoms with Crippen LogP contribution in [0.25, 0.3) is 51.0 Å². The lowest BCUT2D eigenvalue weighted by Gasteiger charge is -2.08. The zero-order chi connectivity index (χ0) is 62.0. The van der Waals surface area contributed by atoms with Crippen molar-refractivity contribution in [2.75, 3.05) is 5.32 Å². The van der Waals surface area contributed by atoms with E-state index < -0.39 is 23.5 Å². The number of benzene rings is 6. The Hall–Kier alpha value is -4.95. The standard InChI is InChI=1S/2C11H10F3NS.C11H12S.C10H9Cl2NS.C10H12ClNO.C10H10ClNS/c2*1-6(2)10-15-9-7(11(12,13)14)4-3-5-8(9)16-10;1-8(2)11-7-9-5-3-4-6-10(9)12-11;1-5(2)10-13-9-7(14-10)4-3-6(11)8(9)12;1-7(2)10(13)12-9-6-4-3-5-8(9)11;1-6(2)10-12-9-7(11)4-3-5-8(9)13-10/h2*3-6H,1-2H3;3-8H,1-2H3;3-5H,1-2H3;3-7H,1-2H3,(H,12,13);3-6H,1-2H3. The number of hydrogen-bond donors (Lipinski definition) is 1. The highest BCUT2D eigenvalue weighted by Gasteiger charge is 2.35. The number of aromatic nitrogens is 4. The molecule has 0 aliphatic carbocycles. The Kier molecular flexibility index (Phi) is 24.4. The Morgan fingerprint density at radius 2 is 0.810 bits per heavy atom. The Morgan fingerprint density at radius 1 is 0.417 bits per heavy atom. The van der Waals surface area contributed by atoms with E-state index in [1.807, 2.05) is 89.3 Å². The molecule has 0 bridgehead atoms. The maximum absolute atomic E-state index is 12.7. The molecule has 0 saturated carbocycles. The highest BCUT2D eigenvalue weighted by molar-refractivity contribution is 7.20. The number of nitrogens with one attached hydrogen (secondary N) is 1. The minimum absolute atomic E-state index is 0.0203. The molecule has 0 unspecified atom stereocenters. The second-order valence-electron chi connectivity index (χ2n) is 20.9. The van der Waals surface area contributed by atoms with Crippen molar-refractivity contribution >= 4 is 166 Å². The van der Waals surface area contributed by atoms with Gasteiger partial charge in [-0.05, 0) is 84.1 Å². The first-order valence-corrected chi connectivity index (χ1v) is 32.3. The first-order valence-electron chi connectivity index (χ1n) is 26.7. The Morgan fingerprint density at radius 3 is 1.24 bits per heavy atom. The third-order valence-corrected chi connectivity index (χ3v) is 20.1. The molecule has 0 radical (unpaired) electrons. The number of amides is 1. The van der Waals surface area contributed by atoms with Crippen LogP contribution in [0.15, 0.2) is 121 Å². The summed E-state index contributed by atoms with van der Waals surface area (Å²) < 4.78 is 81.0. The summed E-state index contributed by atoms with van der Waals surface area (Å²) in [7, 11) is 0. The van der Waals surface area contributed by atoms with Crippen molar-refractivity contribution in [2.45, 2.75) is 125 Å². The van der Waals surface area contributed by atoms with Crippen molar-refractivity contribution in [3.8, 4) is 0 Å². The number of para-hydroxylation sites is 4. The molecule has 1 amide bonds. The van der Waals surface area contributed by atoms with Gasteiger partial charge in [0.25, 0.3) is 0 Å². The maximum atomic E-state index is 12.7. The van der Waals surface area contributed by atoms with Gasteiger partial charge in [0.1, 0.15) is 11.0 Å². The van der Waals surface area contributed by atoms with Crippen LogP contribution < -0.4 is 5.32 Å². The number of thiophene rings is 1. The quantitative estimate of drug-likeness (QED) is 0.161. The monoisotopic (exact) mass is 1320 g/mol. The number of carbonyl (C=O) groups excluding carboxylic acids is 1. The van der Waals surface area contributed by atoms with E-state index >= 15 is 0 Å². The Labute approximate surface area is 526 Å². The van der Waals surface area contributed by atoms with Crippen LogP contribution in [0.4, 0.5) is 32.0 Å². The highest BCUT2D eigenvalue weighted by atomic mass is 35.5. The molecule has 21 heteroatoms. The Balaban J connectivity index is 0.000000162. The summed E-state index contributed by atoms with van der Waals surface area (Å²) >= 11 is 31.8. The van der Waals surface area contributed by atoms with Gasteiger partial charge in [-0.2, -0.15) is 26.3 Å². The summed E-state index contributed by atoms with van der Waals surface area (Å²) in [6.07, 6.45) is -8.66. The molecule has 0 aliphatic rings. The molecule has 6 aromatic carbocycles. The molecule has 0 saturated heterocycles. The Bertz CT molecular complexity index is 3820. The molecule has 6 nitrogen and oxygen atoms in total. The molecular weight excluding hydrogens is 1260 g/mol. The molecule has 446 valence electrons. The van der Waals surface area contributed by atoms with Gasteiger partial charge < -0.3 is 5.32 Å². The van der Waals surface area contributed by atoms with Crippen molar-refractivity contribution in [1.29, 1.82) is 0 Å². The maximum Gasteiger partial charge on any atom is 0.418 e. The smallest absolute Gasteiger partial charge is 0.325 e. The molecule has 0 aliphatic heterocycles. The number of carbonyl (C=O) groups is 1. The molecule has 0 spiro atoms. The number of nitrogens with zero attached hydrogens (tertiary/aromatic N) is 4. The molecule has 5 heterocycles. The minimum atomic E-state index is -4.33. The van der Waals surface area contributed by atoms with Gasteiger partial charge in [0.2, 0.25) is 5.91 Å². The first kappa shape index (κ1) is 68.2. The number of hydrogen-bond acceptors (Lipinski definition) is 10. The largest absolute Gasteiger partial charge is 0.418 e. The number of halogens is 10. The molecule has 1 N–H and O–H groups in total. The fraction of sp³-hybridized carbons (Fsp3) is 0.317. The summed E-state index contributed by atoms with van der Waals surface area (Å²) in [6.45, 7) is 24.4. The van der Waals surface area contributed by atoms with E-state index in [2.05, 4.69) is 103 Å². The summed E-state index contributed by atoms with van der Waals surface area (Å²) in [5.41, 5.74) is 1.29. The van der Waals surface area contributed by atoms with E-state index in [-0.39, 0.29) is 34.7 Å². The average Bonchev–Trinajstić information content (AvgIpc) is 4.42. The van der Waals surface area contributed by atoms with E-state index in [0.717, 1.165) is 52.9 Å². The van der Waals surface area contributed by atoms with E-state index in [9.17, 15) is 31.1 Å². The number of anilines is 1. The molecule has 5 aromatic heterocycles. The summed E-state index contributed by atoms with van der Waals surface area (Å²) in [4.78, 5) is 29.9. The van der Waals surface area contributed by atoms with Crippen LogP contribution in [0.2, 0.25) is 20.1 Å². The van der Waals surface area contributed by atoms with Crippen LogP contribution in [0.1, 0.15) is 149 Å².